The van der Waals surface area contributed by atoms with Crippen LogP contribution in [0, 0.1) is 0 Å². The van der Waals surface area contributed by atoms with Gasteiger partial charge in [-0.1, -0.05) is 0 Å². The molecule has 0 aliphatic carbocycles. The fourth-order valence-electron chi connectivity index (χ4n) is 1.21. The molecule has 2 heterocycles. The van der Waals surface area contributed by atoms with Crippen LogP contribution in [0.15, 0.2) is 11.1 Å². The van der Waals surface area contributed by atoms with Crippen LogP contribution >= 0.6 is 0 Å². The maximum Gasteiger partial charge on any atom is 0.305 e. The lowest BCUT2D eigenvalue weighted by atomic mass is 10.4. The number of rotatable bonds is 4. The van der Waals surface area contributed by atoms with E-state index in [0.29, 0.717) is 11.2 Å². The Morgan fingerprint density at radius 1 is 1.56 bits per heavy atom. The van der Waals surface area contributed by atoms with Crippen molar-refractivity contribution in [2.45, 2.75) is 6.42 Å². The van der Waals surface area contributed by atoms with Crippen LogP contribution in [0.25, 0.3) is 11.2 Å². The van der Waals surface area contributed by atoms with Gasteiger partial charge in [0.1, 0.15) is 0 Å². The summed E-state index contributed by atoms with van der Waals surface area (Å²) >= 11 is 0. The molecule has 4 N–H and O–H groups in total. The fraction of sp³-hybridized carbons (Fsp3) is 0.250. The first-order valence-corrected chi connectivity index (χ1v) is 4.56. The van der Waals surface area contributed by atoms with Gasteiger partial charge < -0.3 is 15.4 Å². The molecule has 0 amide bonds. The zero-order valence-electron chi connectivity index (χ0n) is 8.15. The smallest absolute Gasteiger partial charge is 0.305 e. The van der Waals surface area contributed by atoms with Crippen LogP contribution < -0.4 is 10.9 Å². The Hall–Kier alpha value is -2.38. The highest BCUT2D eigenvalue weighted by Gasteiger charge is 2.05. The monoisotopic (exact) mass is 223 g/mol. The summed E-state index contributed by atoms with van der Waals surface area (Å²) in [6, 6.07) is 0. The molecule has 0 atom stereocenters. The highest BCUT2D eigenvalue weighted by molar-refractivity contribution is 5.70. The topological polar surface area (TPSA) is 124 Å². The van der Waals surface area contributed by atoms with E-state index in [-0.39, 0.29) is 24.5 Å². The van der Waals surface area contributed by atoms with Gasteiger partial charge in [0.2, 0.25) is 5.95 Å². The number of hydrogen-bond donors (Lipinski definition) is 4. The number of aliphatic carboxylic acids is 1. The summed E-state index contributed by atoms with van der Waals surface area (Å²) in [5, 5.41) is 11.1. The Morgan fingerprint density at radius 2 is 2.38 bits per heavy atom. The number of aromatic nitrogens is 4. The van der Waals surface area contributed by atoms with Crippen molar-refractivity contribution in [3.63, 3.8) is 0 Å². The number of anilines is 1. The van der Waals surface area contributed by atoms with Crippen molar-refractivity contribution in [1.82, 2.24) is 19.9 Å². The zero-order valence-corrected chi connectivity index (χ0v) is 8.15. The van der Waals surface area contributed by atoms with Crippen molar-refractivity contribution < 1.29 is 9.90 Å². The second-order valence-corrected chi connectivity index (χ2v) is 3.09. The molecule has 0 fully saturated rings. The molecule has 16 heavy (non-hydrogen) atoms. The van der Waals surface area contributed by atoms with Crippen LogP contribution in [0.4, 0.5) is 5.95 Å². The molecule has 0 bridgehead atoms. The van der Waals surface area contributed by atoms with Gasteiger partial charge >= 0.3 is 5.97 Å². The molecule has 2 rings (SSSR count). The molecule has 0 saturated carbocycles. The average molecular weight is 223 g/mol. The number of fused-ring (bicyclic) bond motifs is 1. The van der Waals surface area contributed by atoms with E-state index >= 15 is 0 Å². The normalized spacial score (nSPS) is 10.5. The largest absolute Gasteiger partial charge is 0.481 e. The lowest BCUT2D eigenvalue weighted by molar-refractivity contribution is -0.136. The van der Waals surface area contributed by atoms with Gasteiger partial charge in [-0.3, -0.25) is 14.6 Å². The fourth-order valence-corrected chi connectivity index (χ4v) is 1.21. The third kappa shape index (κ3) is 2.00. The van der Waals surface area contributed by atoms with E-state index in [1.165, 1.54) is 6.33 Å². The minimum Gasteiger partial charge on any atom is -0.481 e. The van der Waals surface area contributed by atoms with Crippen molar-refractivity contribution in [2.75, 3.05) is 11.9 Å². The van der Waals surface area contributed by atoms with Gasteiger partial charge in [-0.2, -0.15) is 4.98 Å². The number of imidazole rings is 1. The highest BCUT2D eigenvalue weighted by atomic mass is 16.4. The Bertz CT molecular complexity index is 572. The quantitative estimate of drug-likeness (QED) is 0.555. The van der Waals surface area contributed by atoms with Gasteiger partial charge in [-0.15, -0.1) is 0 Å². The van der Waals surface area contributed by atoms with E-state index in [2.05, 4.69) is 25.3 Å². The van der Waals surface area contributed by atoms with Gasteiger partial charge in [-0.05, 0) is 0 Å². The predicted octanol–water partition coefficient (Wildman–Crippen LogP) is -0.467. The number of carboxylic acid groups (broad SMARTS) is 1. The van der Waals surface area contributed by atoms with E-state index in [0.717, 1.165) is 0 Å². The van der Waals surface area contributed by atoms with Crippen LogP contribution in [0.3, 0.4) is 0 Å². The van der Waals surface area contributed by atoms with E-state index in [1.807, 2.05) is 0 Å². The second kappa shape index (κ2) is 4.01. The summed E-state index contributed by atoms with van der Waals surface area (Å²) in [4.78, 5) is 34.7. The molecule has 0 radical (unpaired) electrons. The summed E-state index contributed by atoms with van der Waals surface area (Å²) in [7, 11) is 0. The SMILES string of the molecule is O=C(O)CCNc1nc2nc[nH]c2c(=O)[nH]1. The first-order chi connectivity index (χ1) is 7.66. The van der Waals surface area contributed by atoms with E-state index in [4.69, 9.17) is 5.11 Å². The maximum atomic E-state index is 11.4. The second-order valence-electron chi connectivity index (χ2n) is 3.09. The number of H-pyrrole nitrogens is 2. The molecular formula is C8H9N5O3. The van der Waals surface area contributed by atoms with Crippen LogP contribution in [0.2, 0.25) is 0 Å². The lowest BCUT2D eigenvalue weighted by Gasteiger charge is -2.02. The van der Waals surface area contributed by atoms with E-state index in [1.54, 1.807) is 0 Å². The molecule has 0 aromatic carbocycles. The summed E-state index contributed by atoms with van der Waals surface area (Å²) in [5.74, 6) is -0.707. The Kier molecular flexibility index (Phi) is 2.54. The van der Waals surface area contributed by atoms with Gasteiger partial charge in [0.25, 0.3) is 5.56 Å². The number of carboxylic acids is 1. The number of hydrogen-bond acceptors (Lipinski definition) is 5. The van der Waals surface area contributed by atoms with Crippen molar-refractivity contribution in [2.24, 2.45) is 0 Å². The molecular weight excluding hydrogens is 214 g/mol. The maximum absolute atomic E-state index is 11.4. The Labute approximate surface area is 88.7 Å². The predicted molar refractivity (Wildman–Crippen MR) is 55.3 cm³/mol. The van der Waals surface area contributed by atoms with E-state index in [9.17, 15) is 9.59 Å². The summed E-state index contributed by atoms with van der Waals surface area (Å²) in [6.45, 7) is 0.189. The Balaban J connectivity index is 2.18. The zero-order chi connectivity index (χ0) is 11.5. The molecule has 2 aromatic heterocycles. The van der Waals surface area contributed by atoms with Crippen molar-refractivity contribution in [1.29, 1.82) is 0 Å². The van der Waals surface area contributed by atoms with Crippen molar-refractivity contribution >= 4 is 23.1 Å². The Morgan fingerprint density at radius 3 is 3.12 bits per heavy atom. The molecule has 0 unspecified atom stereocenters. The minimum atomic E-state index is -0.921. The first kappa shape index (κ1) is 10.1. The molecule has 0 aliphatic heterocycles. The minimum absolute atomic E-state index is 0.0533. The number of nitrogens with one attached hydrogen (secondary N) is 3. The number of nitrogens with zero attached hydrogens (tertiary/aromatic N) is 2. The summed E-state index contributed by atoms with van der Waals surface area (Å²) < 4.78 is 0. The van der Waals surface area contributed by atoms with E-state index < -0.39 is 5.97 Å². The molecule has 84 valence electrons. The standard InChI is InChI=1S/C8H9N5O3/c14-4(15)1-2-9-8-12-6-5(7(16)13-8)10-3-11-6/h3H,1-2H2,(H,14,15)(H3,9,10,11,12,13,16). The van der Waals surface area contributed by atoms with Gasteiger partial charge in [0.15, 0.2) is 11.2 Å². The third-order valence-corrected chi connectivity index (χ3v) is 1.93. The van der Waals surface area contributed by atoms with Crippen molar-refractivity contribution in [3.8, 4) is 0 Å². The van der Waals surface area contributed by atoms with Gasteiger partial charge in [-0.25, -0.2) is 4.98 Å². The molecule has 0 saturated heterocycles. The van der Waals surface area contributed by atoms with Gasteiger partial charge in [0, 0.05) is 6.54 Å². The average Bonchev–Trinajstić information content (AvgIpc) is 2.65. The highest BCUT2D eigenvalue weighted by Crippen LogP contribution is 2.02. The molecule has 0 aliphatic rings. The first-order valence-electron chi connectivity index (χ1n) is 4.56. The van der Waals surface area contributed by atoms with Crippen LogP contribution in [-0.2, 0) is 4.79 Å². The molecule has 0 spiro atoms. The number of carbonyl (C=O) groups is 1. The summed E-state index contributed by atoms with van der Waals surface area (Å²) in [5.41, 5.74) is 0.241. The molecule has 2 aromatic rings. The van der Waals surface area contributed by atoms with Crippen LogP contribution in [0.1, 0.15) is 6.42 Å². The van der Waals surface area contributed by atoms with Crippen molar-refractivity contribution in [3.05, 3.63) is 16.7 Å². The summed E-state index contributed by atoms with van der Waals surface area (Å²) in [6.07, 6.45) is 1.32. The molecule has 8 nitrogen and oxygen atoms in total. The lowest BCUT2D eigenvalue weighted by Crippen LogP contribution is -2.15. The number of aromatic amines is 2. The van der Waals surface area contributed by atoms with Crippen LogP contribution in [0.5, 0.6) is 0 Å². The van der Waals surface area contributed by atoms with Crippen LogP contribution in [-0.4, -0.2) is 37.6 Å². The third-order valence-electron chi connectivity index (χ3n) is 1.93. The van der Waals surface area contributed by atoms with Gasteiger partial charge in [0.05, 0.1) is 12.7 Å². The molecule has 8 heteroatoms.